The Balaban J connectivity index is 1.78. The van der Waals surface area contributed by atoms with Gasteiger partial charge in [-0.25, -0.2) is 4.98 Å². The monoisotopic (exact) mass is 341 g/mol. The molecule has 20 heavy (non-hydrogen) atoms. The first-order valence-electron chi connectivity index (χ1n) is 6.38. The number of pyridine rings is 1. The van der Waals surface area contributed by atoms with Gasteiger partial charge in [-0.05, 0) is 46.9 Å². The number of halogens is 1. The molecular weight excluding hydrogens is 326 g/mol. The predicted octanol–water partition coefficient (Wildman–Crippen LogP) is 1.58. The Morgan fingerprint density at radius 2 is 2.30 bits per heavy atom. The van der Waals surface area contributed by atoms with Crippen molar-refractivity contribution < 1.29 is 14.7 Å². The van der Waals surface area contributed by atoms with Crippen LogP contribution in [0.15, 0.2) is 22.8 Å². The van der Waals surface area contributed by atoms with Crippen LogP contribution in [-0.4, -0.2) is 46.5 Å². The van der Waals surface area contributed by atoms with Gasteiger partial charge in [0.25, 0.3) is 0 Å². The SMILES string of the molecule is O=C(O)CC1CCN(CC(=O)Nc2ccc(Br)cn2)C1. The van der Waals surface area contributed by atoms with Crippen LogP contribution in [0.1, 0.15) is 12.8 Å². The van der Waals surface area contributed by atoms with E-state index < -0.39 is 5.97 Å². The Morgan fingerprint density at radius 3 is 2.95 bits per heavy atom. The quantitative estimate of drug-likeness (QED) is 0.849. The molecule has 7 heteroatoms. The zero-order valence-electron chi connectivity index (χ0n) is 10.9. The second kappa shape index (κ2) is 6.81. The standard InChI is InChI=1S/C13H16BrN3O3/c14-10-1-2-11(15-6-10)16-12(18)8-17-4-3-9(7-17)5-13(19)20/h1-2,6,9H,3-5,7-8H2,(H,19,20)(H,15,16,18). The van der Waals surface area contributed by atoms with Gasteiger partial charge >= 0.3 is 5.97 Å². The summed E-state index contributed by atoms with van der Waals surface area (Å²) in [4.78, 5) is 28.6. The third-order valence-electron chi connectivity index (χ3n) is 3.20. The van der Waals surface area contributed by atoms with Crippen molar-refractivity contribution in [3.8, 4) is 0 Å². The number of nitrogens with one attached hydrogen (secondary N) is 1. The average Bonchev–Trinajstić information content (AvgIpc) is 2.78. The number of carbonyl (C=O) groups excluding carboxylic acids is 1. The minimum atomic E-state index is -0.777. The molecule has 1 aromatic rings. The van der Waals surface area contributed by atoms with E-state index in [1.54, 1.807) is 18.3 Å². The maximum absolute atomic E-state index is 11.9. The molecule has 1 unspecified atom stereocenters. The minimum absolute atomic E-state index is 0.129. The van der Waals surface area contributed by atoms with E-state index in [4.69, 9.17) is 5.11 Å². The molecule has 1 fully saturated rings. The topological polar surface area (TPSA) is 82.5 Å². The summed E-state index contributed by atoms with van der Waals surface area (Å²) in [7, 11) is 0. The van der Waals surface area contributed by atoms with Gasteiger partial charge in [0, 0.05) is 23.6 Å². The molecule has 1 aliphatic rings. The second-order valence-corrected chi connectivity index (χ2v) is 5.81. The number of likely N-dealkylation sites (tertiary alicyclic amines) is 1. The zero-order chi connectivity index (χ0) is 14.5. The fourth-order valence-corrected chi connectivity index (χ4v) is 2.54. The molecule has 6 nitrogen and oxygen atoms in total. The highest BCUT2D eigenvalue weighted by atomic mass is 79.9. The number of rotatable bonds is 5. The number of carbonyl (C=O) groups is 2. The first-order valence-corrected chi connectivity index (χ1v) is 7.18. The van der Waals surface area contributed by atoms with Crippen LogP contribution in [0.2, 0.25) is 0 Å². The lowest BCUT2D eigenvalue weighted by molar-refractivity contribution is -0.138. The van der Waals surface area contributed by atoms with Gasteiger partial charge in [0.1, 0.15) is 5.82 Å². The first-order chi connectivity index (χ1) is 9.52. The van der Waals surface area contributed by atoms with Gasteiger partial charge in [-0.1, -0.05) is 0 Å². The number of nitrogens with zero attached hydrogens (tertiary/aromatic N) is 2. The smallest absolute Gasteiger partial charge is 0.303 e. The summed E-state index contributed by atoms with van der Waals surface area (Å²) in [5.41, 5.74) is 0. The summed E-state index contributed by atoms with van der Waals surface area (Å²) in [5.74, 6) is -0.248. The van der Waals surface area contributed by atoms with Crippen molar-refractivity contribution in [2.24, 2.45) is 5.92 Å². The minimum Gasteiger partial charge on any atom is -0.481 e. The number of aliphatic carboxylic acids is 1. The van der Waals surface area contributed by atoms with Crippen LogP contribution >= 0.6 is 15.9 Å². The number of carboxylic acids is 1. The van der Waals surface area contributed by atoms with Gasteiger partial charge in [0.15, 0.2) is 0 Å². The Morgan fingerprint density at radius 1 is 1.50 bits per heavy atom. The molecular formula is C13H16BrN3O3. The molecule has 0 radical (unpaired) electrons. The molecule has 0 spiro atoms. The fourth-order valence-electron chi connectivity index (χ4n) is 2.31. The van der Waals surface area contributed by atoms with E-state index in [0.717, 1.165) is 17.4 Å². The Hall–Kier alpha value is -1.47. The van der Waals surface area contributed by atoms with E-state index in [-0.39, 0.29) is 24.8 Å². The van der Waals surface area contributed by atoms with E-state index in [2.05, 4.69) is 26.2 Å². The zero-order valence-corrected chi connectivity index (χ0v) is 12.5. The molecule has 0 saturated carbocycles. The van der Waals surface area contributed by atoms with Crippen molar-refractivity contribution in [2.75, 3.05) is 25.0 Å². The summed E-state index contributed by atoms with van der Waals surface area (Å²) < 4.78 is 0.853. The number of anilines is 1. The lowest BCUT2D eigenvalue weighted by Crippen LogP contribution is -2.32. The van der Waals surface area contributed by atoms with Crippen LogP contribution in [0.5, 0.6) is 0 Å². The van der Waals surface area contributed by atoms with Gasteiger partial charge in [-0.3, -0.25) is 14.5 Å². The highest BCUT2D eigenvalue weighted by Crippen LogP contribution is 2.19. The van der Waals surface area contributed by atoms with Crippen LogP contribution in [0.25, 0.3) is 0 Å². The third kappa shape index (κ3) is 4.57. The molecule has 1 aliphatic heterocycles. The van der Waals surface area contributed by atoms with Gasteiger partial charge < -0.3 is 10.4 Å². The lowest BCUT2D eigenvalue weighted by atomic mass is 10.1. The van der Waals surface area contributed by atoms with Gasteiger partial charge in [0.05, 0.1) is 6.54 Å². The van der Waals surface area contributed by atoms with Crippen molar-refractivity contribution in [1.29, 1.82) is 0 Å². The van der Waals surface area contributed by atoms with Crippen LogP contribution in [0, 0.1) is 5.92 Å². The number of carboxylic acid groups (broad SMARTS) is 1. The molecule has 2 N–H and O–H groups in total. The van der Waals surface area contributed by atoms with Crippen LogP contribution < -0.4 is 5.32 Å². The van der Waals surface area contributed by atoms with E-state index >= 15 is 0 Å². The number of hydrogen-bond donors (Lipinski definition) is 2. The van der Waals surface area contributed by atoms with Crippen LogP contribution in [-0.2, 0) is 9.59 Å². The summed E-state index contributed by atoms with van der Waals surface area (Å²) >= 11 is 3.28. The molecule has 2 heterocycles. The van der Waals surface area contributed by atoms with Crippen molar-refractivity contribution in [2.45, 2.75) is 12.8 Å². The fraction of sp³-hybridized carbons (Fsp3) is 0.462. The van der Waals surface area contributed by atoms with E-state index in [1.807, 2.05) is 4.90 Å². The molecule has 1 saturated heterocycles. The number of hydrogen-bond acceptors (Lipinski definition) is 4. The van der Waals surface area contributed by atoms with Crippen molar-refractivity contribution in [1.82, 2.24) is 9.88 Å². The number of aromatic nitrogens is 1. The third-order valence-corrected chi connectivity index (χ3v) is 3.66. The van der Waals surface area contributed by atoms with E-state index in [0.29, 0.717) is 12.4 Å². The predicted molar refractivity (Wildman–Crippen MR) is 77.4 cm³/mol. The Labute approximate surface area is 125 Å². The molecule has 0 bridgehead atoms. The molecule has 108 valence electrons. The second-order valence-electron chi connectivity index (χ2n) is 4.90. The first kappa shape index (κ1) is 14.9. The molecule has 1 amide bonds. The normalized spacial score (nSPS) is 18.9. The Kier molecular flexibility index (Phi) is 5.08. The van der Waals surface area contributed by atoms with Gasteiger partial charge in [0.2, 0.25) is 5.91 Å². The molecule has 1 aromatic heterocycles. The van der Waals surface area contributed by atoms with Crippen LogP contribution in [0.3, 0.4) is 0 Å². The number of amides is 1. The molecule has 0 aliphatic carbocycles. The molecule has 2 rings (SSSR count). The molecule has 1 atom stereocenters. The largest absolute Gasteiger partial charge is 0.481 e. The van der Waals surface area contributed by atoms with E-state index in [1.165, 1.54) is 0 Å². The van der Waals surface area contributed by atoms with Gasteiger partial charge in [-0.2, -0.15) is 0 Å². The van der Waals surface area contributed by atoms with Crippen molar-refractivity contribution >= 4 is 33.6 Å². The maximum atomic E-state index is 11.9. The molecule has 0 aromatic carbocycles. The summed E-state index contributed by atoms with van der Waals surface area (Å²) in [6.07, 6.45) is 2.62. The lowest BCUT2D eigenvalue weighted by Gasteiger charge is -2.15. The van der Waals surface area contributed by atoms with Crippen molar-refractivity contribution in [3.63, 3.8) is 0 Å². The maximum Gasteiger partial charge on any atom is 0.303 e. The summed E-state index contributed by atoms with van der Waals surface area (Å²) in [5, 5.41) is 11.5. The van der Waals surface area contributed by atoms with Gasteiger partial charge in [-0.15, -0.1) is 0 Å². The summed E-state index contributed by atoms with van der Waals surface area (Å²) in [6.45, 7) is 1.69. The average molecular weight is 342 g/mol. The van der Waals surface area contributed by atoms with E-state index in [9.17, 15) is 9.59 Å². The van der Waals surface area contributed by atoms with Crippen LogP contribution in [0.4, 0.5) is 5.82 Å². The van der Waals surface area contributed by atoms with Crippen molar-refractivity contribution in [3.05, 3.63) is 22.8 Å². The highest BCUT2D eigenvalue weighted by molar-refractivity contribution is 9.10. The highest BCUT2D eigenvalue weighted by Gasteiger charge is 2.25. The summed E-state index contributed by atoms with van der Waals surface area (Å²) in [6, 6.07) is 3.53. The Bertz CT molecular complexity index is 492.